The van der Waals surface area contributed by atoms with Crippen LogP contribution in [0.5, 0.6) is 5.75 Å². The van der Waals surface area contributed by atoms with E-state index in [1.807, 2.05) is 0 Å². The molecule has 0 saturated heterocycles. The average molecular weight is 404 g/mol. The molecule has 2 aromatic carbocycles. The quantitative estimate of drug-likeness (QED) is 0.809. The molecule has 2 aromatic rings. The molecule has 0 amide bonds. The molecular formula is C14H9Br2FO3. The highest BCUT2D eigenvalue weighted by atomic mass is 79.9. The number of halogens is 3. The first-order chi connectivity index (χ1) is 9.49. The van der Waals surface area contributed by atoms with Crippen molar-refractivity contribution in [2.45, 2.75) is 6.61 Å². The third-order valence-electron chi connectivity index (χ3n) is 2.59. The van der Waals surface area contributed by atoms with Crippen LogP contribution in [0.2, 0.25) is 0 Å². The van der Waals surface area contributed by atoms with Crippen LogP contribution in [-0.4, -0.2) is 11.1 Å². The molecule has 0 aromatic heterocycles. The Hall–Kier alpha value is -1.40. The minimum absolute atomic E-state index is 0.163. The summed E-state index contributed by atoms with van der Waals surface area (Å²) in [5, 5.41) is 8.87. The van der Waals surface area contributed by atoms with E-state index in [1.54, 1.807) is 18.2 Å². The predicted octanol–water partition coefficient (Wildman–Crippen LogP) is 4.63. The summed E-state index contributed by atoms with van der Waals surface area (Å²) in [4.78, 5) is 10.8. The van der Waals surface area contributed by atoms with Gasteiger partial charge in [-0.25, -0.2) is 9.18 Å². The Bertz CT molecular complexity index is 659. The van der Waals surface area contributed by atoms with Gasteiger partial charge in [0.2, 0.25) is 0 Å². The van der Waals surface area contributed by atoms with Crippen LogP contribution < -0.4 is 4.74 Å². The molecule has 0 fully saturated rings. The number of rotatable bonds is 4. The van der Waals surface area contributed by atoms with Gasteiger partial charge in [-0.05, 0) is 56.1 Å². The van der Waals surface area contributed by atoms with Crippen LogP contribution in [0.1, 0.15) is 15.9 Å². The van der Waals surface area contributed by atoms with Crippen LogP contribution in [0.25, 0.3) is 0 Å². The second-order valence-corrected chi connectivity index (χ2v) is 5.60. The minimum Gasteiger partial charge on any atom is -0.488 e. The summed E-state index contributed by atoms with van der Waals surface area (Å²) in [7, 11) is 0. The van der Waals surface area contributed by atoms with Gasteiger partial charge in [0, 0.05) is 5.56 Å². The summed E-state index contributed by atoms with van der Waals surface area (Å²) < 4.78 is 19.8. The van der Waals surface area contributed by atoms with Crippen LogP contribution >= 0.6 is 31.9 Å². The van der Waals surface area contributed by atoms with Crippen molar-refractivity contribution in [2.24, 2.45) is 0 Å². The zero-order valence-corrected chi connectivity index (χ0v) is 13.2. The van der Waals surface area contributed by atoms with Crippen molar-refractivity contribution in [1.82, 2.24) is 0 Å². The van der Waals surface area contributed by atoms with Crippen LogP contribution in [0.4, 0.5) is 4.39 Å². The monoisotopic (exact) mass is 402 g/mol. The normalized spacial score (nSPS) is 10.3. The summed E-state index contributed by atoms with van der Waals surface area (Å²) >= 11 is 6.41. The van der Waals surface area contributed by atoms with Crippen molar-refractivity contribution < 1.29 is 19.0 Å². The van der Waals surface area contributed by atoms with Crippen LogP contribution in [0.15, 0.2) is 45.3 Å². The van der Waals surface area contributed by atoms with Crippen molar-refractivity contribution in [3.8, 4) is 5.75 Å². The summed E-state index contributed by atoms with van der Waals surface area (Å²) in [5.74, 6) is -0.873. The van der Waals surface area contributed by atoms with Gasteiger partial charge >= 0.3 is 5.97 Å². The second-order valence-electron chi connectivity index (χ2n) is 3.95. The van der Waals surface area contributed by atoms with Crippen LogP contribution in [0, 0.1) is 5.82 Å². The number of hydrogen-bond acceptors (Lipinski definition) is 2. The van der Waals surface area contributed by atoms with Crippen molar-refractivity contribution in [3.63, 3.8) is 0 Å². The van der Waals surface area contributed by atoms with Crippen molar-refractivity contribution in [2.75, 3.05) is 0 Å². The van der Waals surface area contributed by atoms with Gasteiger partial charge in [-0.2, -0.15) is 0 Å². The lowest BCUT2D eigenvalue weighted by atomic mass is 10.2. The topological polar surface area (TPSA) is 46.5 Å². The highest BCUT2D eigenvalue weighted by molar-refractivity contribution is 9.10. The predicted molar refractivity (Wildman–Crippen MR) is 79.5 cm³/mol. The molecule has 2 rings (SSSR count). The first kappa shape index (κ1) is 15.0. The van der Waals surface area contributed by atoms with E-state index in [4.69, 9.17) is 9.84 Å². The lowest BCUT2D eigenvalue weighted by molar-refractivity contribution is 0.0696. The largest absolute Gasteiger partial charge is 0.488 e. The minimum atomic E-state index is -1.01. The summed E-state index contributed by atoms with van der Waals surface area (Å²) in [5.41, 5.74) is 0.829. The van der Waals surface area contributed by atoms with E-state index in [0.29, 0.717) is 20.3 Å². The lowest BCUT2D eigenvalue weighted by Gasteiger charge is -2.10. The van der Waals surface area contributed by atoms with Gasteiger partial charge in [-0.15, -0.1) is 0 Å². The van der Waals surface area contributed by atoms with E-state index >= 15 is 0 Å². The Kier molecular flexibility index (Phi) is 4.77. The first-order valence-electron chi connectivity index (χ1n) is 5.57. The summed E-state index contributed by atoms with van der Waals surface area (Å²) in [6, 6.07) is 9.15. The third-order valence-corrected chi connectivity index (χ3v) is 4.10. The molecule has 1 N–H and O–H groups in total. The van der Waals surface area contributed by atoms with E-state index < -0.39 is 5.97 Å². The smallest absolute Gasteiger partial charge is 0.335 e. The van der Waals surface area contributed by atoms with E-state index in [0.717, 1.165) is 0 Å². The Morgan fingerprint density at radius 2 is 2.00 bits per heavy atom. The molecule has 0 spiro atoms. The zero-order chi connectivity index (χ0) is 14.7. The van der Waals surface area contributed by atoms with E-state index in [-0.39, 0.29) is 18.0 Å². The number of aromatic carboxylic acids is 1. The number of hydrogen-bond donors (Lipinski definition) is 1. The molecule has 0 radical (unpaired) electrons. The van der Waals surface area contributed by atoms with Gasteiger partial charge in [0.1, 0.15) is 18.2 Å². The fourth-order valence-corrected chi connectivity index (χ4v) is 2.44. The SMILES string of the molecule is O=C(O)c1ccc(OCc2cccc(F)c2Br)c(Br)c1. The highest BCUT2D eigenvalue weighted by Gasteiger charge is 2.09. The standard InChI is InChI=1S/C14H9Br2FO3/c15-10-6-8(14(18)19)4-5-12(10)20-7-9-2-1-3-11(17)13(9)16/h1-6H,7H2,(H,18,19). The summed E-state index contributed by atoms with van der Waals surface area (Å²) in [6.07, 6.45) is 0. The van der Waals surface area contributed by atoms with Crippen molar-refractivity contribution >= 4 is 37.8 Å². The van der Waals surface area contributed by atoms with E-state index in [1.165, 1.54) is 18.2 Å². The van der Waals surface area contributed by atoms with Gasteiger partial charge in [0.05, 0.1) is 14.5 Å². The molecule has 0 aliphatic rings. The van der Waals surface area contributed by atoms with Crippen molar-refractivity contribution in [3.05, 3.63) is 62.3 Å². The molecule has 0 saturated carbocycles. The number of carboxylic acid groups (broad SMARTS) is 1. The molecule has 20 heavy (non-hydrogen) atoms. The molecule has 0 heterocycles. The van der Waals surface area contributed by atoms with Crippen molar-refractivity contribution in [1.29, 1.82) is 0 Å². The number of benzene rings is 2. The molecule has 104 valence electrons. The number of ether oxygens (including phenoxy) is 1. The Labute approximate surface area is 131 Å². The number of carboxylic acids is 1. The van der Waals surface area contributed by atoms with E-state index in [9.17, 15) is 9.18 Å². The van der Waals surface area contributed by atoms with Crippen LogP contribution in [0.3, 0.4) is 0 Å². The fourth-order valence-electron chi connectivity index (χ4n) is 1.57. The fraction of sp³-hybridized carbons (Fsp3) is 0.0714. The molecule has 0 atom stereocenters. The molecule has 6 heteroatoms. The zero-order valence-electron chi connectivity index (χ0n) is 10.1. The average Bonchev–Trinajstić information content (AvgIpc) is 2.41. The van der Waals surface area contributed by atoms with Gasteiger partial charge < -0.3 is 9.84 Å². The second kappa shape index (κ2) is 6.37. The first-order valence-corrected chi connectivity index (χ1v) is 7.16. The number of carbonyl (C=O) groups is 1. The third kappa shape index (κ3) is 3.37. The Morgan fingerprint density at radius 3 is 2.65 bits per heavy atom. The Balaban J connectivity index is 2.15. The molecule has 0 aliphatic heterocycles. The highest BCUT2D eigenvalue weighted by Crippen LogP contribution is 2.28. The molecule has 0 aliphatic carbocycles. The lowest BCUT2D eigenvalue weighted by Crippen LogP contribution is -2.00. The molecular weight excluding hydrogens is 395 g/mol. The molecule has 3 nitrogen and oxygen atoms in total. The van der Waals surface area contributed by atoms with Gasteiger partial charge in [-0.3, -0.25) is 0 Å². The summed E-state index contributed by atoms with van der Waals surface area (Å²) in [6.45, 7) is 0.170. The van der Waals surface area contributed by atoms with E-state index in [2.05, 4.69) is 31.9 Å². The van der Waals surface area contributed by atoms with Gasteiger partial charge in [-0.1, -0.05) is 12.1 Å². The maximum atomic E-state index is 13.3. The maximum Gasteiger partial charge on any atom is 0.335 e. The molecule has 0 unspecified atom stereocenters. The van der Waals surface area contributed by atoms with Gasteiger partial charge in [0.15, 0.2) is 0 Å². The Morgan fingerprint density at radius 1 is 1.25 bits per heavy atom. The van der Waals surface area contributed by atoms with Crippen LogP contribution in [-0.2, 0) is 6.61 Å². The maximum absolute atomic E-state index is 13.3. The van der Waals surface area contributed by atoms with Gasteiger partial charge in [0.25, 0.3) is 0 Å². The molecule has 0 bridgehead atoms.